The van der Waals surface area contributed by atoms with Crippen LogP contribution in [0.5, 0.6) is 11.6 Å². The van der Waals surface area contributed by atoms with E-state index < -0.39 is 0 Å². The molecule has 2 N–H and O–H groups in total. The maximum atomic E-state index is 5.82. The van der Waals surface area contributed by atoms with Crippen molar-refractivity contribution in [2.24, 2.45) is 5.73 Å². The third kappa shape index (κ3) is 4.05. The van der Waals surface area contributed by atoms with Gasteiger partial charge in [0.05, 0.1) is 6.61 Å². The van der Waals surface area contributed by atoms with Crippen molar-refractivity contribution in [3.63, 3.8) is 0 Å². The van der Waals surface area contributed by atoms with Crippen molar-refractivity contribution in [1.29, 1.82) is 0 Å². The molecule has 0 saturated carbocycles. The zero-order valence-electron chi connectivity index (χ0n) is 11.7. The van der Waals surface area contributed by atoms with Gasteiger partial charge in [-0.15, -0.1) is 0 Å². The molecule has 0 spiro atoms. The molecule has 0 amide bonds. The van der Waals surface area contributed by atoms with Crippen LogP contribution < -0.4 is 10.5 Å². The van der Waals surface area contributed by atoms with E-state index in [1.807, 2.05) is 36.4 Å². The molecule has 0 aliphatic heterocycles. The lowest BCUT2D eigenvalue weighted by Crippen LogP contribution is -2.04. The van der Waals surface area contributed by atoms with Crippen LogP contribution in [0, 0.1) is 0 Å². The maximum Gasteiger partial charge on any atom is 0.222 e. The Morgan fingerprint density at radius 2 is 1.90 bits per heavy atom. The Hall–Kier alpha value is -1.91. The molecule has 0 aliphatic rings. The maximum absolute atomic E-state index is 5.82. The van der Waals surface area contributed by atoms with Gasteiger partial charge in [0.25, 0.3) is 0 Å². The van der Waals surface area contributed by atoms with Crippen LogP contribution in [0.2, 0.25) is 0 Å². The van der Waals surface area contributed by atoms with Crippen molar-refractivity contribution in [1.82, 2.24) is 4.98 Å². The number of methoxy groups -OCH3 is 1. The van der Waals surface area contributed by atoms with Crippen LogP contribution >= 0.6 is 0 Å². The first-order valence-electron chi connectivity index (χ1n) is 6.73. The summed E-state index contributed by atoms with van der Waals surface area (Å²) in [6.07, 6.45) is 3.39. The molecular formula is C16H20N2O2. The van der Waals surface area contributed by atoms with E-state index in [9.17, 15) is 0 Å². The van der Waals surface area contributed by atoms with E-state index in [0.29, 0.717) is 12.4 Å². The van der Waals surface area contributed by atoms with Gasteiger partial charge in [-0.05, 0) is 43.1 Å². The Kier molecular flexibility index (Phi) is 5.53. The zero-order chi connectivity index (χ0) is 14.2. The van der Waals surface area contributed by atoms with Gasteiger partial charge in [-0.25, -0.2) is 4.98 Å². The topological polar surface area (TPSA) is 57.4 Å². The number of nitrogens with two attached hydrogens (primary N) is 1. The predicted molar refractivity (Wildman–Crippen MR) is 79.1 cm³/mol. The lowest BCUT2D eigenvalue weighted by Gasteiger charge is -2.09. The quantitative estimate of drug-likeness (QED) is 0.841. The molecule has 1 aromatic heterocycles. The standard InChI is InChI=1S/C16H20N2O2/c1-19-12-9-13-4-6-15(7-5-13)20-16-14(8-10-17)3-2-11-18-16/h2-7,11H,8-10,12,17H2,1H3. The third-order valence-electron chi connectivity index (χ3n) is 3.00. The predicted octanol–water partition coefficient (Wildman–Crippen LogP) is 2.56. The van der Waals surface area contributed by atoms with Crippen LogP contribution in [0.15, 0.2) is 42.6 Å². The molecule has 0 saturated heterocycles. The largest absolute Gasteiger partial charge is 0.439 e. The SMILES string of the molecule is COCCc1ccc(Oc2ncccc2CCN)cc1. The van der Waals surface area contributed by atoms with Crippen LogP contribution in [0.25, 0.3) is 0 Å². The highest BCUT2D eigenvalue weighted by molar-refractivity contribution is 5.34. The molecule has 106 valence electrons. The normalized spacial score (nSPS) is 10.5. The number of hydrogen-bond donors (Lipinski definition) is 1. The summed E-state index contributed by atoms with van der Waals surface area (Å²) >= 11 is 0. The van der Waals surface area contributed by atoms with Crippen molar-refractivity contribution in [2.45, 2.75) is 12.8 Å². The van der Waals surface area contributed by atoms with Crippen molar-refractivity contribution >= 4 is 0 Å². The summed E-state index contributed by atoms with van der Waals surface area (Å²) in [6, 6.07) is 11.9. The molecule has 4 heteroatoms. The van der Waals surface area contributed by atoms with Crippen molar-refractivity contribution in [2.75, 3.05) is 20.3 Å². The summed E-state index contributed by atoms with van der Waals surface area (Å²) in [6.45, 7) is 1.30. The molecule has 0 unspecified atom stereocenters. The lowest BCUT2D eigenvalue weighted by molar-refractivity contribution is 0.202. The van der Waals surface area contributed by atoms with Gasteiger partial charge in [0.1, 0.15) is 5.75 Å². The van der Waals surface area contributed by atoms with E-state index >= 15 is 0 Å². The lowest BCUT2D eigenvalue weighted by atomic mass is 10.1. The highest BCUT2D eigenvalue weighted by Crippen LogP contribution is 2.23. The molecule has 1 heterocycles. The second kappa shape index (κ2) is 7.62. The van der Waals surface area contributed by atoms with Crippen molar-refractivity contribution < 1.29 is 9.47 Å². The fourth-order valence-electron chi connectivity index (χ4n) is 1.92. The Bertz CT molecular complexity index is 526. The monoisotopic (exact) mass is 272 g/mol. The first-order chi connectivity index (χ1) is 9.83. The molecule has 20 heavy (non-hydrogen) atoms. The van der Waals surface area contributed by atoms with Gasteiger partial charge in [0.15, 0.2) is 0 Å². The Morgan fingerprint density at radius 1 is 1.10 bits per heavy atom. The molecule has 0 aliphatic carbocycles. The highest BCUT2D eigenvalue weighted by Gasteiger charge is 2.05. The molecule has 1 aromatic carbocycles. The van der Waals surface area contributed by atoms with Gasteiger partial charge in [0.2, 0.25) is 5.88 Å². The highest BCUT2D eigenvalue weighted by atomic mass is 16.5. The van der Waals surface area contributed by atoms with E-state index in [0.717, 1.165) is 30.8 Å². The van der Waals surface area contributed by atoms with Gasteiger partial charge >= 0.3 is 0 Å². The molecule has 2 rings (SSSR count). The number of benzene rings is 1. The minimum absolute atomic E-state index is 0.581. The molecule has 0 bridgehead atoms. The average molecular weight is 272 g/mol. The summed E-state index contributed by atoms with van der Waals surface area (Å²) < 4.78 is 10.9. The number of hydrogen-bond acceptors (Lipinski definition) is 4. The first-order valence-corrected chi connectivity index (χ1v) is 6.73. The smallest absolute Gasteiger partial charge is 0.222 e. The molecule has 0 radical (unpaired) electrons. The minimum Gasteiger partial charge on any atom is -0.439 e. The second-order valence-electron chi connectivity index (χ2n) is 4.50. The van der Waals surface area contributed by atoms with Crippen LogP contribution in [0.1, 0.15) is 11.1 Å². The van der Waals surface area contributed by atoms with Crippen molar-refractivity contribution in [3.8, 4) is 11.6 Å². The molecular weight excluding hydrogens is 252 g/mol. The molecule has 0 fully saturated rings. The minimum atomic E-state index is 0.581. The van der Waals surface area contributed by atoms with Crippen LogP contribution in [-0.2, 0) is 17.6 Å². The average Bonchev–Trinajstić information content (AvgIpc) is 2.49. The molecule has 4 nitrogen and oxygen atoms in total. The van der Waals surface area contributed by atoms with Gasteiger partial charge in [-0.2, -0.15) is 0 Å². The summed E-state index contributed by atoms with van der Waals surface area (Å²) in [7, 11) is 1.71. The van der Waals surface area contributed by atoms with Gasteiger partial charge < -0.3 is 15.2 Å². The van der Waals surface area contributed by atoms with Crippen LogP contribution in [0.4, 0.5) is 0 Å². The van der Waals surface area contributed by atoms with Crippen LogP contribution in [0.3, 0.4) is 0 Å². The van der Waals surface area contributed by atoms with Gasteiger partial charge in [-0.1, -0.05) is 18.2 Å². The van der Waals surface area contributed by atoms with E-state index in [1.54, 1.807) is 13.3 Å². The summed E-state index contributed by atoms with van der Waals surface area (Å²) in [4.78, 5) is 4.27. The number of rotatable bonds is 7. The summed E-state index contributed by atoms with van der Waals surface area (Å²) in [5, 5.41) is 0. The fraction of sp³-hybridized carbons (Fsp3) is 0.312. The molecule has 0 atom stereocenters. The Balaban J connectivity index is 2.06. The Morgan fingerprint density at radius 3 is 2.60 bits per heavy atom. The number of ether oxygens (including phenoxy) is 2. The Labute approximate surface area is 119 Å². The number of nitrogens with zero attached hydrogens (tertiary/aromatic N) is 1. The fourth-order valence-corrected chi connectivity index (χ4v) is 1.92. The third-order valence-corrected chi connectivity index (χ3v) is 3.00. The van der Waals surface area contributed by atoms with E-state index in [2.05, 4.69) is 4.98 Å². The second-order valence-corrected chi connectivity index (χ2v) is 4.50. The molecule has 2 aromatic rings. The van der Waals surface area contributed by atoms with E-state index in [4.69, 9.17) is 15.2 Å². The summed E-state index contributed by atoms with van der Waals surface area (Å²) in [5.41, 5.74) is 7.84. The zero-order valence-corrected chi connectivity index (χ0v) is 11.7. The van der Waals surface area contributed by atoms with E-state index in [1.165, 1.54) is 5.56 Å². The van der Waals surface area contributed by atoms with Gasteiger partial charge in [-0.3, -0.25) is 0 Å². The van der Waals surface area contributed by atoms with Crippen molar-refractivity contribution in [3.05, 3.63) is 53.7 Å². The first kappa shape index (κ1) is 14.5. The van der Waals surface area contributed by atoms with E-state index in [-0.39, 0.29) is 0 Å². The van der Waals surface area contributed by atoms with Crippen LogP contribution in [-0.4, -0.2) is 25.2 Å². The number of aromatic nitrogens is 1. The summed E-state index contributed by atoms with van der Waals surface area (Å²) in [5.74, 6) is 1.41. The van der Waals surface area contributed by atoms with Gasteiger partial charge in [0, 0.05) is 18.9 Å². The number of pyridine rings is 1.